The maximum atomic E-state index is 13.3. The van der Waals surface area contributed by atoms with Gasteiger partial charge < -0.3 is 15.1 Å². The second kappa shape index (κ2) is 9.87. The molecule has 1 saturated heterocycles. The van der Waals surface area contributed by atoms with Gasteiger partial charge in [-0.15, -0.1) is 0 Å². The van der Waals surface area contributed by atoms with E-state index in [1.165, 1.54) is 17.1 Å². The Hall–Kier alpha value is -3.00. The van der Waals surface area contributed by atoms with Gasteiger partial charge in [-0.25, -0.2) is 4.98 Å². The number of aryl methyl sites for hydroxylation is 2. The molecule has 8 heteroatoms. The van der Waals surface area contributed by atoms with Crippen molar-refractivity contribution in [2.45, 2.75) is 40.5 Å². The zero-order valence-corrected chi connectivity index (χ0v) is 20.5. The van der Waals surface area contributed by atoms with Gasteiger partial charge in [-0.3, -0.25) is 9.59 Å². The Morgan fingerprint density at radius 2 is 1.79 bits per heavy atom. The summed E-state index contributed by atoms with van der Waals surface area (Å²) < 4.78 is 4.50. The van der Waals surface area contributed by atoms with Gasteiger partial charge in [-0.2, -0.15) is 4.37 Å². The zero-order chi connectivity index (χ0) is 23.5. The van der Waals surface area contributed by atoms with E-state index in [0.717, 1.165) is 40.1 Å². The number of anilines is 2. The first kappa shape index (κ1) is 23.2. The van der Waals surface area contributed by atoms with Crippen LogP contribution in [-0.2, 0) is 4.79 Å². The molecule has 2 amide bonds. The summed E-state index contributed by atoms with van der Waals surface area (Å²) in [4.78, 5) is 35.6. The topological polar surface area (TPSA) is 78.4 Å². The van der Waals surface area contributed by atoms with Crippen molar-refractivity contribution < 1.29 is 9.59 Å². The lowest BCUT2D eigenvalue weighted by Crippen LogP contribution is -2.40. The number of rotatable bonds is 6. The summed E-state index contributed by atoms with van der Waals surface area (Å²) in [7, 11) is 0. The molecule has 1 aliphatic rings. The molecule has 7 nitrogen and oxygen atoms in total. The summed E-state index contributed by atoms with van der Waals surface area (Å²) in [6.45, 7) is 10.7. The molecule has 2 aromatic heterocycles. The lowest BCUT2D eigenvalue weighted by atomic mass is 9.94. The van der Waals surface area contributed by atoms with Gasteiger partial charge in [-0.1, -0.05) is 17.7 Å². The summed E-state index contributed by atoms with van der Waals surface area (Å²) in [6.07, 6.45) is 3.17. The molecule has 1 N–H and O–H groups in total. The van der Waals surface area contributed by atoms with Crippen LogP contribution in [0.1, 0.15) is 48.3 Å². The van der Waals surface area contributed by atoms with E-state index in [4.69, 9.17) is 0 Å². The number of benzene rings is 1. The lowest BCUT2D eigenvalue weighted by Gasteiger charge is -2.35. The largest absolute Gasteiger partial charge is 0.370 e. The Morgan fingerprint density at radius 3 is 2.42 bits per heavy atom. The van der Waals surface area contributed by atoms with Crippen molar-refractivity contribution in [1.29, 1.82) is 0 Å². The third kappa shape index (κ3) is 4.71. The van der Waals surface area contributed by atoms with Crippen LogP contribution in [0.4, 0.5) is 11.4 Å². The van der Waals surface area contributed by atoms with Crippen molar-refractivity contribution in [2.75, 3.05) is 36.4 Å². The Morgan fingerprint density at radius 1 is 1.12 bits per heavy atom. The molecule has 0 bridgehead atoms. The van der Waals surface area contributed by atoms with Crippen LogP contribution in [0.5, 0.6) is 0 Å². The first-order chi connectivity index (χ1) is 15.9. The van der Waals surface area contributed by atoms with Gasteiger partial charge in [0.2, 0.25) is 5.91 Å². The highest BCUT2D eigenvalue weighted by Gasteiger charge is 2.30. The van der Waals surface area contributed by atoms with Crippen molar-refractivity contribution in [3.05, 3.63) is 47.3 Å². The van der Waals surface area contributed by atoms with Crippen LogP contribution in [0.3, 0.4) is 0 Å². The second-order valence-corrected chi connectivity index (χ2v) is 9.31. The molecule has 0 radical (unpaired) electrons. The standard InChI is InChI=1S/C25H31N5O2S/c1-5-29(6-2)25(32)20-15-26-24-21(17(4)28-33-24)22(20)30-13-11-18(12-14-30)23(31)27-19-9-7-16(3)8-10-19/h7-10,15,18H,5-6,11-14H2,1-4H3,(H,27,31). The highest BCUT2D eigenvalue weighted by molar-refractivity contribution is 7.13. The molecular weight excluding hydrogens is 434 g/mol. The van der Waals surface area contributed by atoms with Gasteiger partial charge in [0.05, 0.1) is 22.3 Å². The van der Waals surface area contributed by atoms with Crippen LogP contribution in [0, 0.1) is 19.8 Å². The molecule has 0 spiro atoms. The monoisotopic (exact) mass is 465 g/mol. The van der Waals surface area contributed by atoms with Crippen LogP contribution in [0.25, 0.3) is 10.2 Å². The molecule has 1 aliphatic heterocycles. The van der Waals surface area contributed by atoms with Gasteiger partial charge >= 0.3 is 0 Å². The van der Waals surface area contributed by atoms with Gasteiger partial charge in [0.1, 0.15) is 4.83 Å². The van der Waals surface area contributed by atoms with Gasteiger partial charge in [0.15, 0.2) is 0 Å². The number of fused-ring (bicyclic) bond motifs is 1. The van der Waals surface area contributed by atoms with E-state index in [2.05, 4.69) is 19.6 Å². The SMILES string of the molecule is CCN(CC)C(=O)c1cnc2snc(C)c2c1N1CCC(C(=O)Nc2ccc(C)cc2)CC1. The van der Waals surface area contributed by atoms with Gasteiger partial charge in [0, 0.05) is 44.0 Å². The number of nitrogens with one attached hydrogen (secondary N) is 1. The number of piperidine rings is 1. The van der Waals surface area contributed by atoms with E-state index in [-0.39, 0.29) is 17.7 Å². The van der Waals surface area contributed by atoms with E-state index in [0.29, 0.717) is 31.7 Å². The smallest absolute Gasteiger partial charge is 0.257 e. The first-order valence-corrected chi connectivity index (χ1v) is 12.4. The number of hydrogen-bond donors (Lipinski definition) is 1. The Bertz CT molecular complexity index is 1150. The number of amides is 2. The van der Waals surface area contributed by atoms with E-state index < -0.39 is 0 Å². The molecule has 3 aromatic rings. The van der Waals surface area contributed by atoms with Crippen LogP contribution < -0.4 is 10.2 Å². The molecule has 174 valence electrons. The van der Waals surface area contributed by atoms with Crippen LogP contribution in [0.15, 0.2) is 30.5 Å². The molecule has 3 heterocycles. The molecule has 0 atom stereocenters. The summed E-state index contributed by atoms with van der Waals surface area (Å²) in [5, 5.41) is 4.01. The van der Waals surface area contributed by atoms with Crippen LogP contribution in [0.2, 0.25) is 0 Å². The predicted octanol–water partition coefficient (Wildman–Crippen LogP) is 4.65. The third-order valence-corrected chi connectivity index (χ3v) is 7.28. The Labute approximate surface area is 199 Å². The molecule has 1 fully saturated rings. The first-order valence-electron chi connectivity index (χ1n) is 11.6. The molecule has 0 unspecified atom stereocenters. The number of pyridine rings is 1. The predicted molar refractivity (Wildman–Crippen MR) is 134 cm³/mol. The second-order valence-electron chi connectivity index (χ2n) is 8.56. The molecule has 1 aromatic carbocycles. The molecule has 0 saturated carbocycles. The van der Waals surface area contributed by atoms with E-state index in [9.17, 15) is 9.59 Å². The molecular formula is C25H31N5O2S. The van der Waals surface area contributed by atoms with Gasteiger partial charge in [0.25, 0.3) is 5.91 Å². The van der Waals surface area contributed by atoms with Gasteiger partial charge in [-0.05, 0) is 64.2 Å². The normalized spacial score (nSPS) is 14.5. The van der Waals surface area contributed by atoms with Crippen molar-refractivity contribution in [3.8, 4) is 0 Å². The van der Waals surface area contributed by atoms with E-state index in [1.807, 2.05) is 56.9 Å². The van der Waals surface area contributed by atoms with Crippen molar-refractivity contribution in [2.24, 2.45) is 5.92 Å². The maximum absolute atomic E-state index is 13.3. The minimum Gasteiger partial charge on any atom is -0.370 e. The molecule has 4 rings (SSSR count). The third-order valence-electron chi connectivity index (χ3n) is 6.43. The number of aromatic nitrogens is 2. The average Bonchev–Trinajstić information content (AvgIpc) is 3.21. The quantitative estimate of drug-likeness (QED) is 0.574. The van der Waals surface area contributed by atoms with Crippen molar-refractivity contribution in [3.63, 3.8) is 0 Å². The van der Waals surface area contributed by atoms with Crippen LogP contribution in [-0.4, -0.2) is 52.3 Å². The number of hydrogen-bond acceptors (Lipinski definition) is 6. The Balaban J connectivity index is 1.56. The summed E-state index contributed by atoms with van der Waals surface area (Å²) in [5.74, 6) is 0.00366. The number of carbonyl (C=O) groups excluding carboxylic acids is 2. The zero-order valence-electron chi connectivity index (χ0n) is 19.7. The highest BCUT2D eigenvalue weighted by atomic mass is 32.1. The summed E-state index contributed by atoms with van der Waals surface area (Å²) in [5.41, 5.74) is 4.43. The van der Waals surface area contributed by atoms with E-state index >= 15 is 0 Å². The summed E-state index contributed by atoms with van der Waals surface area (Å²) >= 11 is 1.36. The fourth-order valence-corrected chi connectivity index (χ4v) is 5.20. The van der Waals surface area contributed by atoms with E-state index in [1.54, 1.807) is 6.20 Å². The van der Waals surface area contributed by atoms with Crippen molar-refractivity contribution in [1.82, 2.24) is 14.3 Å². The minimum absolute atomic E-state index is 0.00534. The maximum Gasteiger partial charge on any atom is 0.257 e. The van der Waals surface area contributed by atoms with Crippen LogP contribution >= 0.6 is 11.5 Å². The molecule has 0 aliphatic carbocycles. The number of carbonyl (C=O) groups is 2. The Kier molecular flexibility index (Phi) is 6.93. The van der Waals surface area contributed by atoms with Crippen molar-refractivity contribution >= 4 is 44.9 Å². The fourth-order valence-electron chi connectivity index (χ4n) is 4.45. The minimum atomic E-state index is -0.0523. The average molecular weight is 466 g/mol. The highest BCUT2D eigenvalue weighted by Crippen LogP contribution is 2.36. The molecule has 33 heavy (non-hydrogen) atoms. The summed E-state index contributed by atoms with van der Waals surface area (Å²) in [6, 6.07) is 7.87. The fraction of sp³-hybridized carbons (Fsp3) is 0.440. The lowest BCUT2D eigenvalue weighted by molar-refractivity contribution is -0.120. The number of nitrogens with zero attached hydrogens (tertiary/aromatic N) is 4.